The van der Waals surface area contributed by atoms with Crippen LogP contribution in [0.25, 0.3) is 22.2 Å². The first-order valence-electron chi connectivity index (χ1n) is 10.7. The number of carbonyl (C=O) groups is 2. The van der Waals surface area contributed by atoms with Gasteiger partial charge in [0.15, 0.2) is 17.3 Å². The van der Waals surface area contributed by atoms with Gasteiger partial charge >= 0.3 is 0 Å². The van der Waals surface area contributed by atoms with Gasteiger partial charge in [-0.25, -0.2) is 4.98 Å². The number of aromatic nitrogens is 1. The molecule has 0 aliphatic rings. The van der Waals surface area contributed by atoms with E-state index in [2.05, 4.69) is 5.32 Å². The Kier molecular flexibility index (Phi) is 6.89. The van der Waals surface area contributed by atoms with Crippen LogP contribution in [0.5, 0.6) is 17.2 Å². The number of nitrogens with one attached hydrogen (secondary N) is 1. The lowest BCUT2D eigenvalue weighted by molar-refractivity contribution is 0.101. The standard InChI is InChI=1S/C27H23ClN2O5/c1-15(31)16-7-5-8-18(11-16)29-27(32)20-14-22(30-25-19(20)9-6-10-21(25)28)17-12-23(33-2)26(35-4)24(13-17)34-3/h5-14H,1-4H3,(H,29,32). The van der Waals surface area contributed by atoms with Crippen molar-refractivity contribution in [3.05, 3.63) is 76.8 Å². The zero-order valence-corrected chi connectivity index (χ0v) is 20.4. The van der Waals surface area contributed by atoms with E-state index in [1.54, 1.807) is 60.7 Å². The normalized spacial score (nSPS) is 10.7. The molecule has 1 N–H and O–H groups in total. The highest BCUT2D eigenvalue weighted by molar-refractivity contribution is 6.35. The summed E-state index contributed by atoms with van der Waals surface area (Å²) in [6.45, 7) is 1.48. The summed E-state index contributed by atoms with van der Waals surface area (Å²) in [5, 5.41) is 3.87. The molecule has 178 valence electrons. The molecule has 1 amide bonds. The van der Waals surface area contributed by atoms with Gasteiger partial charge in [0.1, 0.15) is 0 Å². The Morgan fingerprint density at radius 2 is 1.57 bits per heavy atom. The molecule has 0 saturated carbocycles. The second-order valence-electron chi connectivity index (χ2n) is 7.70. The van der Waals surface area contributed by atoms with E-state index < -0.39 is 0 Å². The van der Waals surface area contributed by atoms with Gasteiger partial charge in [-0.3, -0.25) is 9.59 Å². The molecule has 8 heteroatoms. The van der Waals surface area contributed by atoms with E-state index in [1.807, 2.05) is 0 Å². The molecule has 1 aromatic heterocycles. The molecule has 7 nitrogen and oxygen atoms in total. The molecule has 1 heterocycles. The minimum absolute atomic E-state index is 0.0908. The number of amides is 1. The zero-order valence-electron chi connectivity index (χ0n) is 19.6. The highest BCUT2D eigenvalue weighted by atomic mass is 35.5. The van der Waals surface area contributed by atoms with Crippen molar-refractivity contribution >= 4 is 39.9 Å². The lowest BCUT2D eigenvalue weighted by Crippen LogP contribution is -2.13. The molecule has 4 rings (SSSR count). The molecule has 0 fully saturated rings. The van der Waals surface area contributed by atoms with Gasteiger partial charge in [-0.2, -0.15) is 0 Å². The molecule has 0 aliphatic heterocycles. The van der Waals surface area contributed by atoms with Crippen LogP contribution in [0, 0.1) is 0 Å². The van der Waals surface area contributed by atoms with Crippen molar-refractivity contribution in [2.24, 2.45) is 0 Å². The Morgan fingerprint density at radius 3 is 2.20 bits per heavy atom. The number of hydrogen-bond acceptors (Lipinski definition) is 6. The monoisotopic (exact) mass is 490 g/mol. The molecular weight excluding hydrogens is 468 g/mol. The number of hydrogen-bond donors (Lipinski definition) is 1. The van der Waals surface area contributed by atoms with Crippen LogP contribution in [-0.2, 0) is 0 Å². The van der Waals surface area contributed by atoms with Gasteiger partial charge in [0.2, 0.25) is 5.75 Å². The van der Waals surface area contributed by atoms with Crippen molar-refractivity contribution in [1.82, 2.24) is 4.98 Å². The number of anilines is 1. The fraction of sp³-hybridized carbons (Fsp3) is 0.148. The van der Waals surface area contributed by atoms with Gasteiger partial charge in [0.25, 0.3) is 5.91 Å². The van der Waals surface area contributed by atoms with Crippen molar-refractivity contribution in [2.45, 2.75) is 6.92 Å². The summed E-state index contributed by atoms with van der Waals surface area (Å²) in [5.74, 6) is 0.895. The quantitative estimate of drug-likeness (QED) is 0.318. The summed E-state index contributed by atoms with van der Waals surface area (Å²) in [5.41, 5.74) is 2.99. The summed E-state index contributed by atoms with van der Waals surface area (Å²) >= 11 is 6.47. The third-order valence-electron chi connectivity index (χ3n) is 5.52. The minimum atomic E-state index is -0.367. The summed E-state index contributed by atoms with van der Waals surface area (Å²) in [7, 11) is 4.58. The van der Waals surface area contributed by atoms with Crippen LogP contribution in [0.2, 0.25) is 5.02 Å². The average Bonchev–Trinajstić information content (AvgIpc) is 2.87. The molecule has 0 saturated heterocycles. The Morgan fingerprint density at radius 1 is 0.886 bits per heavy atom. The van der Waals surface area contributed by atoms with E-state index in [0.29, 0.717) is 61.2 Å². The van der Waals surface area contributed by atoms with Crippen LogP contribution in [0.4, 0.5) is 5.69 Å². The first-order valence-corrected chi connectivity index (χ1v) is 11.1. The number of methoxy groups -OCH3 is 3. The number of fused-ring (bicyclic) bond motifs is 1. The Labute approximate surface area is 207 Å². The van der Waals surface area contributed by atoms with Crippen LogP contribution < -0.4 is 19.5 Å². The van der Waals surface area contributed by atoms with Crippen molar-refractivity contribution < 1.29 is 23.8 Å². The molecular formula is C27H23ClN2O5. The zero-order chi connectivity index (χ0) is 25.1. The topological polar surface area (TPSA) is 86.8 Å². The van der Waals surface area contributed by atoms with Crippen LogP contribution in [-0.4, -0.2) is 38.0 Å². The van der Waals surface area contributed by atoms with E-state index in [0.717, 1.165) is 0 Å². The van der Waals surface area contributed by atoms with E-state index in [-0.39, 0.29) is 11.7 Å². The van der Waals surface area contributed by atoms with Crippen LogP contribution in [0.15, 0.2) is 60.7 Å². The largest absolute Gasteiger partial charge is 0.493 e. The van der Waals surface area contributed by atoms with Crippen molar-refractivity contribution in [3.63, 3.8) is 0 Å². The SMILES string of the molecule is COc1cc(-c2cc(C(=O)Nc3cccc(C(C)=O)c3)c3cccc(Cl)c3n2)cc(OC)c1OC. The lowest BCUT2D eigenvalue weighted by Gasteiger charge is -2.15. The molecule has 0 bridgehead atoms. The first-order chi connectivity index (χ1) is 16.9. The molecule has 0 aliphatic carbocycles. The molecule has 0 radical (unpaired) electrons. The fourth-order valence-corrected chi connectivity index (χ4v) is 4.01. The number of carbonyl (C=O) groups excluding carboxylic acids is 2. The number of nitrogens with zero attached hydrogens (tertiary/aromatic N) is 1. The number of rotatable bonds is 7. The van der Waals surface area contributed by atoms with Crippen molar-refractivity contribution in [1.29, 1.82) is 0 Å². The second-order valence-corrected chi connectivity index (χ2v) is 8.10. The number of pyridine rings is 1. The van der Waals surface area contributed by atoms with Crippen LogP contribution in [0.3, 0.4) is 0 Å². The van der Waals surface area contributed by atoms with E-state index in [9.17, 15) is 9.59 Å². The maximum atomic E-state index is 13.4. The highest BCUT2D eigenvalue weighted by Crippen LogP contribution is 2.41. The maximum Gasteiger partial charge on any atom is 0.256 e. The van der Waals surface area contributed by atoms with Crippen LogP contribution in [0.1, 0.15) is 27.6 Å². The maximum absolute atomic E-state index is 13.4. The van der Waals surface area contributed by atoms with Crippen molar-refractivity contribution in [3.8, 4) is 28.5 Å². The first kappa shape index (κ1) is 24.0. The summed E-state index contributed by atoms with van der Waals surface area (Å²) in [4.78, 5) is 29.9. The molecule has 0 atom stereocenters. The van der Waals surface area contributed by atoms with E-state index >= 15 is 0 Å². The van der Waals surface area contributed by atoms with Gasteiger partial charge in [0, 0.05) is 22.2 Å². The fourth-order valence-electron chi connectivity index (χ4n) is 3.79. The Balaban J connectivity index is 1.87. The summed E-state index contributed by atoms with van der Waals surface area (Å²) in [6, 6.07) is 17.2. The minimum Gasteiger partial charge on any atom is -0.493 e. The molecule has 4 aromatic rings. The number of para-hydroxylation sites is 1. The second kappa shape index (κ2) is 10.0. The highest BCUT2D eigenvalue weighted by Gasteiger charge is 2.19. The average molecular weight is 491 g/mol. The lowest BCUT2D eigenvalue weighted by atomic mass is 10.0. The van der Waals surface area contributed by atoms with Crippen LogP contribution >= 0.6 is 11.6 Å². The third kappa shape index (κ3) is 4.76. The van der Waals surface area contributed by atoms with Crippen molar-refractivity contribution in [2.75, 3.05) is 26.6 Å². The van der Waals surface area contributed by atoms with Gasteiger partial charge < -0.3 is 19.5 Å². The molecule has 35 heavy (non-hydrogen) atoms. The Hall–Kier alpha value is -4.10. The smallest absolute Gasteiger partial charge is 0.256 e. The Bertz CT molecular complexity index is 1430. The van der Waals surface area contributed by atoms with E-state index in [4.69, 9.17) is 30.8 Å². The van der Waals surface area contributed by atoms with Gasteiger partial charge in [0.05, 0.1) is 43.1 Å². The summed E-state index contributed by atoms with van der Waals surface area (Å²) in [6.07, 6.45) is 0. The number of Topliss-reactive ketones (excluding diaryl/α,β-unsaturated/α-hetero) is 1. The van der Waals surface area contributed by atoms with Gasteiger partial charge in [-0.1, -0.05) is 35.9 Å². The number of benzene rings is 3. The third-order valence-corrected chi connectivity index (χ3v) is 5.83. The van der Waals surface area contributed by atoms with Gasteiger partial charge in [-0.15, -0.1) is 0 Å². The van der Waals surface area contributed by atoms with Gasteiger partial charge in [-0.05, 0) is 43.3 Å². The number of ketones is 1. The molecule has 3 aromatic carbocycles. The summed E-state index contributed by atoms with van der Waals surface area (Å²) < 4.78 is 16.4. The predicted octanol–water partition coefficient (Wildman–Crippen LogP) is 6.04. The predicted molar refractivity (Wildman–Crippen MR) is 136 cm³/mol. The van der Waals surface area contributed by atoms with E-state index in [1.165, 1.54) is 28.3 Å². The molecule has 0 unspecified atom stereocenters. The molecule has 0 spiro atoms. The number of halogens is 1. The number of ether oxygens (including phenoxy) is 3.